The van der Waals surface area contributed by atoms with Crippen LogP contribution in [0.4, 0.5) is 4.39 Å². The number of benzene rings is 1. The van der Waals surface area contributed by atoms with Gasteiger partial charge in [-0.3, -0.25) is 4.79 Å². The molecule has 0 aliphatic heterocycles. The van der Waals surface area contributed by atoms with E-state index in [2.05, 4.69) is 20.4 Å². The monoisotopic (exact) mass is 358 g/mol. The second kappa shape index (κ2) is 7.35. The van der Waals surface area contributed by atoms with Gasteiger partial charge in [-0.1, -0.05) is 5.16 Å². The molecule has 3 rings (SSSR count). The number of nitrogens with zero attached hydrogens (tertiary/aromatic N) is 3. The van der Waals surface area contributed by atoms with Gasteiger partial charge in [-0.15, -0.1) is 11.3 Å². The molecule has 3 aromatic rings. The van der Waals surface area contributed by atoms with E-state index in [1.807, 2.05) is 12.3 Å². The van der Waals surface area contributed by atoms with E-state index in [9.17, 15) is 9.18 Å². The van der Waals surface area contributed by atoms with Gasteiger partial charge in [0.1, 0.15) is 11.9 Å². The first-order chi connectivity index (χ1) is 12.0. The maximum atomic E-state index is 13.0. The van der Waals surface area contributed by atoms with Crippen molar-refractivity contribution < 1.29 is 13.7 Å². The van der Waals surface area contributed by atoms with Crippen molar-refractivity contribution in [3.8, 4) is 11.4 Å². The summed E-state index contributed by atoms with van der Waals surface area (Å²) in [6, 6.07) is 5.30. The first kappa shape index (κ1) is 17.0. The molecule has 6 nitrogen and oxygen atoms in total. The molecule has 1 atom stereocenters. The van der Waals surface area contributed by atoms with E-state index in [0.29, 0.717) is 11.4 Å². The van der Waals surface area contributed by atoms with Gasteiger partial charge in [-0.05, 0) is 44.2 Å². The Kier molecular flexibility index (Phi) is 4.99. The van der Waals surface area contributed by atoms with Crippen molar-refractivity contribution in [3.63, 3.8) is 0 Å². The Morgan fingerprint density at radius 2 is 2.08 bits per heavy atom. The number of rotatable bonds is 5. The van der Waals surface area contributed by atoms with Crippen molar-refractivity contribution in [3.05, 3.63) is 58.1 Å². The van der Waals surface area contributed by atoms with Crippen LogP contribution in [0.2, 0.25) is 0 Å². The van der Waals surface area contributed by atoms with Crippen molar-refractivity contribution in [2.75, 3.05) is 0 Å². The van der Waals surface area contributed by atoms with Gasteiger partial charge in [-0.2, -0.15) is 4.98 Å². The van der Waals surface area contributed by atoms with Crippen LogP contribution in [-0.2, 0) is 4.79 Å². The summed E-state index contributed by atoms with van der Waals surface area (Å²) in [5.41, 5.74) is 1.37. The molecule has 128 valence electrons. The van der Waals surface area contributed by atoms with Gasteiger partial charge in [0, 0.05) is 17.0 Å². The van der Waals surface area contributed by atoms with Crippen LogP contribution < -0.4 is 5.32 Å². The average Bonchev–Trinajstić information content (AvgIpc) is 3.23. The topological polar surface area (TPSA) is 80.9 Å². The minimum Gasteiger partial charge on any atom is -0.341 e. The molecule has 25 heavy (non-hydrogen) atoms. The average molecular weight is 358 g/mol. The van der Waals surface area contributed by atoms with E-state index in [1.54, 1.807) is 25.1 Å². The summed E-state index contributed by atoms with van der Waals surface area (Å²) in [5.74, 6) is -0.0231. The number of carbonyl (C=O) groups is 1. The van der Waals surface area contributed by atoms with Crippen LogP contribution in [0, 0.1) is 12.7 Å². The third-order valence-electron chi connectivity index (χ3n) is 3.32. The summed E-state index contributed by atoms with van der Waals surface area (Å²) >= 11 is 1.52. The number of amides is 1. The van der Waals surface area contributed by atoms with Gasteiger partial charge in [0.15, 0.2) is 0 Å². The van der Waals surface area contributed by atoms with Gasteiger partial charge in [0.25, 0.3) is 0 Å². The molecule has 0 saturated carbocycles. The Balaban J connectivity index is 1.63. The van der Waals surface area contributed by atoms with Crippen LogP contribution in [0.5, 0.6) is 0 Å². The highest BCUT2D eigenvalue weighted by atomic mass is 32.1. The SMILES string of the molecule is Cc1nc(/C=C/C(=O)N[C@@H](C)c2nc(-c3ccc(F)cc3)no2)cs1. The highest BCUT2D eigenvalue weighted by Gasteiger charge is 2.16. The first-order valence-electron chi connectivity index (χ1n) is 7.51. The maximum absolute atomic E-state index is 13.0. The second-order valence-electron chi connectivity index (χ2n) is 5.32. The Morgan fingerprint density at radius 3 is 2.76 bits per heavy atom. The van der Waals surface area contributed by atoms with Gasteiger partial charge < -0.3 is 9.84 Å². The van der Waals surface area contributed by atoms with E-state index < -0.39 is 6.04 Å². The molecule has 0 saturated heterocycles. The Hall–Kier alpha value is -2.87. The number of hydrogen-bond acceptors (Lipinski definition) is 6. The zero-order valence-electron chi connectivity index (χ0n) is 13.6. The van der Waals surface area contributed by atoms with Crippen molar-refractivity contribution in [2.24, 2.45) is 0 Å². The molecule has 2 heterocycles. The standard InChI is InChI=1S/C17H15FN4O2S/c1-10(19-15(23)8-7-14-9-25-11(2)20-14)17-21-16(22-24-17)12-3-5-13(18)6-4-12/h3-10H,1-2H3,(H,19,23)/b8-7+/t10-/m0/s1. The second-order valence-corrected chi connectivity index (χ2v) is 6.38. The van der Waals surface area contributed by atoms with Crippen molar-refractivity contribution in [1.29, 1.82) is 0 Å². The fourth-order valence-electron chi connectivity index (χ4n) is 2.07. The van der Waals surface area contributed by atoms with Crippen LogP contribution in [0.15, 0.2) is 40.2 Å². The minimum atomic E-state index is -0.462. The van der Waals surface area contributed by atoms with E-state index >= 15 is 0 Å². The van der Waals surface area contributed by atoms with E-state index in [0.717, 1.165) is 10.7 Å². The Morgan fingerprint density at radius 1 is 1.32 bits per heavy atom. The van der Waals surface area contributed by atoms with Crippen LogP contribution in [0.25, 0.3) is 17.5 Å². The van der Waals surface area contributed by atoms with Gasteiger partial charge in [-0.25, -0.2) is 9.37 Å². The zero-order valence-corrected chi connectivity index (χ0v) is 14.4. The summed E-state index contributed by atoms with van der Waals surface area (Å²) in [6.07, 6.45) is 3.05. The number of aromatic nitrogens is 3. The molecule has 1 amide bonds. The van der Waals surface area contributed by atoms with Crippen molar-refractivity contribution >= 4 is 23.3 Å². The van der Waals surface area contributed by atoms with Crippen LogP contribution in [0.1, 0.15) is 29.6 Å². The molecule has 0 bridgehead atoms. The molecule has 0 unspecified atom stereocenters. The van der Waals surface area contributed by atoms with E-state index in [-0.39, 0.29) is 17.6 Å². The van der Waals surface area contributed by atoms with Gasteiger partial charge in [0.05, 0.1) is 10.7 Å². The van der Waals surface area contributed by atoms with Crippen LogP contribution in [-0.4, -0.2) is 21.0 Å². The van der Waals surface area contributed by atoms with Gasteiger partial charge >= 0.3 is 0 Å². The molecular weight excluding hydrogens is 343 g/mol. The third kappa shape index (κ3) is 4.36. The lowest BCUT2D eigenvalue weighted by molar-refractivity contribution is -0.117. The molecular formula is C17H15FN4O2S. The molecule has 2 aromatic heterocycles. The lowest BCUT2D eigenvalue weighted by Crippen LogP contribution is -2.24. The maximum Gasteiger partial charge on any atom is 0.249 e. The fourth-order valence-corrected chi connectivity index (χ4v) is 2.65. The molecule has 0 aliphatic rings. The molecule has 0 fully saturated rings. The smallest absolute Gasteiger partial charge is 0.249 e. The minimum absolute atomic E-state index is 0.269. The Bertz CT molecular complexity index is 902. The highest BCUT2D eigenvalue weighted by molar-refractivity contribution is 7.09. The first-order valence-corrected chi connectivity index (χ1v) is 8.39. The molecule has 0 spiro atoms. The summed E-state index contributed by atoms with van der Waals surface area (Å²) in [5, 5.41) is 9.40. The number of carbonyl (C=O) groups excluding carboxylic acids is 1. The number of aryl methyl sites for hydroxylation is 1. The molecule has 0 radical (unpaired) electrons. The summed E-state index contributed by atoms with van der Waals surface area (Å²) in [4.78, 5) is 20.4. The molecule has 8 heteroatoms. The Labute approximate surface area is 147 Å². The van der Waals surface area contributed by atoms with Gasteiger partial charge in [0.2, 0.25) is 17.6 Å². The number of halogens is 1. The summed E-state index contributed by atoms with van der Waals surface area (Å²) in [7, 11) is 0. The van der Waals surface area contributed by atoms with Crippen molar-refractivity contribution in [2.45, 2.75) is 19.9 Å². The highest BCUT2D eigenvalue weighted by Crippen LogP contribution is 2.19. The quantitative estimate of drug-likeness (QED) is 0.706. The fraction of sp³-hybridized carbons (Fsp3) is 0.176. The lowest BCUT2D eigenvalue weighted by Gasteiger charge is -2.06. The molecule has 1 aromatic carbocycles. The van der Waals surface area contributed by atoms with E-state index in [1.165, 1.54) is 29.5 Å². The predicted molar refractivity (Wildman–Crippen MR) is 92.1 cm³/mol. The summed E-state index contributed by atoms with van der Waals surface area (Å²) in [6.45, 7) is 3.64. The third-order valence-corrected chi connectivity index (χ3v) is 4.11. The number of thiazole rings is 1. The summed E-state index contributed by atoms with van der Waals surface area (Å²) < 4.78 is 18.1. The molecule has 0 aliphatic carbocycles. The normalized spacial score (nSPS) is 12.4. The number of hydrogen-bond donors (Lipinski definition) is 1. The largest absolute Gasteiger partial charge is 0.341 e. The van der Waals surface area contributed by atoms with Crippen molar-refractivity contribution in [1.82, 2.24) is 20.4 Å². The van der Waals surface area contributed by atoms with E-state index in [4.69, 9.17) is 4.52 Å². The predicted octanol–water partition coefficient (Wildman–Crippen LogP) is 3.53. The van der Waals surface area contributed by atoms with Crippen LogP contribution >= 0.6 is 11.3 Å². The lowest BCUT2D eigenvalue weighted by atomic mass is 10.2. The number of nitrogens with one attached hydrogen (secondary N) is 1. The van der Waals surface area contributed by atoms with Crippen LogP contribution in [0.3, 0.4) is 0 Å². The molecule has 1 N–H and O–H groups in total. The zero-order chi connectivity index (χ0) is 17.8.